The molecule has 0 fully saturated rings. The van der Waals surface area contributed by atoms with E-state index in [9.17, 15) is 5.11 Å². The molecule has 7 heteroatoms. The predicted octanol–water partition coefficient (Wildman–Crippen LogP) is 3.11. The third kappa shape index (κ3) is 2.92. The Hall–Kier alpha value is -3.71. The number of nitrogens with zero attached hydrogens (tertiary/aromatic N) is 5. The van der Waals surface area contributed by atoms with E-state index < -0.39 is 6.23 Å². The molecule has 0 aliphatic carbocycles. The number of benzene rings is 1. The largest absolute Gasteiger partial charge is 0.494 e. The zero-order valence-electron chi connectivity index (χ0n) is 16.0. The Bertz CT molecular complexity index is 1290. The van der Waals surface area contributed by atoms with Crippen molar-refractivity contribution in [1.82, 2.24) is 24.5 Å². The first-order chi connectivity index (χ1) is 14.1. The van der Waals surface area contributed by atoms with E-state index >= 15 is 0 Å². The summed E-state index contributed by atoms with van der Waals surface area (Å²) in [6.07, 6.45) is 14.0. The molecule has 1 aromatic carbocycles. The number of allylic oxidation sites excluding steroid dienone is 2. The van der Waals surface area contributed by atoms with Crippen LogP contribution in [0, 0.1) is 0 Å². The summed E-state index contributed by atoms with van der Waals surface area (Å²) in [5.74, 6) is 0.735. The lowest BCUT2D eigenvalue weighted by Crippen LogP contribution is -2.26. The van der Waals surface area contributed by atoms with Crippen molar-refractivity contribution >= 4 is 22.0 Å². The van der Waals surface area contributed by atoms with Gasteiger partial charge in [-0.05, 0) is 17.7 Å². The van der Waals surface area contributed by atoms with Crippen molar-refractivity contribution in [2.45, 2.75) is 6.23 Å². The smallest absolute Gasteiger partial charge is 0.162 e. The molecule has 4 heterocycles. The maximum atomic E-state index is 9.80. The molecule has 29 heavy (non-hydrogen) atoms. The third-order valence-electron chi connectivity index (χ3n) is 5.15. The monoisotopic (exact) mass is 385 g/mol. The van der Waals surface area contributed by atoms with Crippen LogP contribution < -0.4 is 4.74 Å². The number of aliphatic hydroxyl groups excluding tert-OH is 1. The van der Waals surface area contributed by atoms with Crippen LogP contribution in [0.1, 0.15) is 5.56 Å². The lowest BCUT2D eigenvalue weighted by molar-refractivity contribution is 0.0980. The predicted molar refractivity (Wildman–Crippen MR) is 111 cm³/mol. The maximum absolute atomic E-state index is 9.80. The first kappa shape index (κ1) is 17.4. The number of methoxy groups -OCH3 is 1. The van der Waals surface area contributed by atoms with Crippen molar-refractivity contribution in [1.29, 1.82) is 0 Å². The standard InChI is InChI=1S/C22H19N5O2/c1-26-12-16(5-6-21(26)28)17-9-24-22-19(10-25-27(22)13-17)14-3-4-15-8-23-11-20(29-2)18(15)7-14/h3-13,21,28H,1-2H3. The highest BCUT2D eigenvalue weighted by Gasteiger charge is 2.14. The summed E-state index contributed by atoms with van der Waals surface area (Å²) < 4.78 is 7.23. The summed E-state index contributed by atoms with van der Waals surface area (Å²) >= 11 is 0. The highest BCUT2D eigenvalue weighted by Crippen LogP contribution is 2.31. The number of fused-ring (bicyclic) bond motifs is 2. The third-order valence-corrected chi connectivity index (χ3v) is 5.15. The van der Waals surface area contributed by atoms with Gasteiger partial charge in [0.2, 0.25) is 0 Å². The van der Waals surface area contributed by atoms with Crippen LogP contribution in [-0.4, -0.2) is 50.0 Å². The Morgan fingerprint density at radius 2 is 2.00 bits per heavy atom. The van der Waals surface area contributed by atoms with Crippen LogP contribution in [0.15, 0.2) is 67.5 Å². The fourth-order valence-corrected chi connectivity index (χ4v) is 3.53. The number of aliphatic hydroxyl groups is 1. The summed E-state index contributed by atoms with van der Waals surface area (Å²) in [5, 5.41) is 16.3. The number of hydrogen-bond acceptors (Lipinski definition) is 6. The minimum Gasteiger partial charge on any atom is -0.494 e. The van der Waals surface area contributed by atoms with Gasteiger partial charge in [-0.25, -0.2) is 9.50 Å². The zero-order chi connectivity index (χ0) is 20.0. The summed E-state index contributed by atoms with van der Waals surface area (Å²) in [7, 11) is 3.47. The number of pyridine rings is 1. The lowest BCUT2D eigenvalue weighted by Gasteiger charge is -2.23. The molecule has 144 valence electrons. The number of likely N-dealkylation sites (N-methyl/N-ethyl adjacent to an activating group) is 1. The average molecular weight is 385 g/mol. The van der Waals surface area contributed by atoms with E-state index in [1.54, 1.807) is 28.8 Å². The molecule has 1 unspecified atom stereocenters. The van der Waals surface area contributed by atoms with Crippen LogP contribution in [-0.2, 0) is 0 Å². The minimum atomic E-state index is -0.605. The van der Waals surface area contributed by atoms with Crippen molar-refractivity contribution in [2.75, 3.05) is 14.2 Å². The van der Waals surface area contributed by atoms with Gasteiger partial charge in [0, 0.05) is 59.3 Å². The molecule has 0 amide bonds. The summed E-state index contributed by atoms with van der Waals surface area (Å²) in [5.41, 5.74) is 4.62. The fraction of sp³-hybridized carbons (Fsp3) is 0.136. The Morgan fingerprint density at radius 3 is 2.83 bits per heavy atom. The summed E-state index contributed by atoms with van der Waals surface area (Å²) in [4.78, 5) is 10.6. The zero-order valence-corrected chi connectivity index (χ0v) is 16.0. The van der Waals surface area contributed by atoms with Crippen LogP contribution in [0.4, 0.5) is 0 Å². The molecule has 5 rings (SSSR count). The minimum absolute atomic E-state index is 0.605. The first-order valence-electron chi connectivity index (χ1n) is 9.20. The Morgan fingerprint density at radius 1 is 1.10 bits per heavy atom. The van der Waals surface area contributed by atoms with Gasteiger partial charge in [-0.15, -0.1) is 0 Å². The second kappa shape index (κ2) is 6.72. The van der Waals surface area contributed by atoms with Crippen LogP contribution in [0.3, 0.4) is 0 Å². The fourth-order valence-electron chi connectivity index (χ4n) is 3.53. The molecule has 0 saturated carbocycles. The molecule has 0 saturated heterocycles. The van der Waals surface area contributed by atoms with Gasteiger partial charge in [-0.2, -0.15) is 5.10 Å². The SMILES string of the molecule is COc1cncc2ccc(-c3cnn4cc(C5=CN(C)C(O)C=C5)cnc34)cc12. The number of aromatic nitrogens is 4. The maximum Gasteiger partial charge on any atom is 0.162 e. The van der Waals surface area contributed by atoms with Crippen molar-refractivity contribution in [3.63, 3.8) is 0 Å². The number of ether oxygens (including phenoxy) is 1. The molecule has 1 aliphatic rings. The topological polar surface area (TPSA) is 75.8 Å². The number of rotatable bonds is 3. The summed E-state index contributed by atoms with van der Waals surface area (Å²) in [6, 6.07) is 6.14. The van der Waals surface area contributed by atoms with E-state index in [4.69, 9.17) is 4.74 Å². The molecule has 0 spiro atoms. The quantitative estimate of drug-likeness (QED) is 0.584. The van der Waals surface area contributed by atoms with E-state index in [1.165, 1.54) is 0 Å². The van der Waals surface area contributed by atoms with Gasteiger partial charge in [0.15, 0.2) is 5.65 Å². The average Bonchev–Trinajstić information content (AvgIpc) is 3.18. The van der Waals surface area contributed by atoms with Gasteiger partial charge in [-0.3, -0.25) is 4.98 Å². The van der Waals surface area contributed by atoms with E-state index in [1.807, 2.05) is 56.2 Å². The Labute approximate surface area is 167 Å². The van der Waals surface area contributed by atoms with E-state index in [0.717, 1.165) is 44.4 Å². The van der Waals surface area contributed by atoms with Crippen molar-refractivity contribution < 1.29 is 9.84 Å². The molecule has 0 bridgehead atoms. The highest BCUT2D eigenvalue weighted by atomic mass is 16.5. The summed E-state index contributed by atoms with van der Waals surface area (Å²) in [6.45, 7) is 0. The molecule has 0 radical (unpaired) electrons. The van der Waals surface area contributed by atoms with Crippen LogP contribution in [0.5, 0.6) is 5.75 Å². The van der Waals surface area contributed by atoms with Gasteiger partial charge >= 0.3 is 0 Å². The van der Waals surface area contributed by atoms with Crippen LogP contribution >= 0.6 is 0 Å². The molecule has 1 N–H and O–H groups in total. The highest BCUT2D eigenvalue weighted by molar-refractivity contribution is 5.93. The molecular weight excluding hydrogens is 366 g/mol. The second-order valence-corrected chi connectivity index (χ2v) is 6.97. The van der Waals surface area contributed by atoms with Gasteiger partial charge in [-0.1, -0.05) is 18.2 Å². The number of hydrogen-bond donors (Lipinski definition) is 1. The Kier molecular flexibility index (Phi) is 4.03. The molecule has 1 atom stereocenters. The van der Waals surface area contributed by atoms with Crippen molar-refractivity contribution in [3.05, 3.63) is 73.1 Å². The molecule has 4 aromatic rings. The van der Waals surface area contributed by atoms with Crippen LogP contribution in [0.25, 0.3) is 33.1 Å². The van der Waals surface area contributed by atoms with Crippen molar-refractivity contribution in [3.8, 4) is 16.9 Å². The lowest BCUT2D eigenvalue weighted by atomic mass is 10.0. The van der Waals surface area contributed by atoms with E-state index in [-0.39, 0.29) is 0 Å². The van der Waals surface area contributed by atoms with E-state index in [2.05, 4.69) is 21.1 Å². The molecule has 1 aliphatic heterocycles. The van der Waals surface area contributed by atoms with Gasteiger partial charge < -0.3 is 14.7 Å². The van der Waals surface area contributed by atoms with Gasteiger partial charge in [0.05, 0.1) is 19.5 Å². The van der Waals surface area contributed by atoms with Gasteiger partial charge in [0.1, 0.15) is 12.0 Å². The van der Waals surface area contributed by atoms with Gasteiger partial charge in [0.25, 0.3) is 0 Å². The molecule has 7 nitrogen and oxygen atoms in total. The van der Waals surface area contributed by atoms with Crippen molar-refractivity contribution in [2.24, 2.45) is 0 Å². The normalized spacial score (nSPS) is 16.4. The molecule has 3 aromatic heterocycles. The van der Waals surface area contributed by atoms with E-state index in [0.29, 0.717) is 0 Å². The second-order valence-electron chi connectivity index (χ2n) is 6.97. The molecular formula is C22H19N5O2. The Balaban J connectivity index is 1.58. The first-order valence-corrected chi connectivity index (χ1v) is 9.20. The van der Waals surface area contributed by atoms with Crippen LogP contribution in [0.2, 0.25) is 0 Å².